The van der Waals surface area contributed by atoms with E-state index in [1.165, 1.54) is 6.08 Å². The molecule has 2 unspecified atom stereocenters. The van der Waals surface area contributed by atoms with Gasteiger partial charge in [-0.15, -0.1) is 0 Å². The zero-order valence-electron chi connectivity index (χ0n) is 34.8. The van der Waals surface area contributed by atoms with E-state index in [-0.39, 0.29) is 47.7 Å². The number of fused-ring (bicyclic) bond motifs is 1. The van der Waals surface area contributed by atoms with Gasteiger partial charge in [0.15, 0.2) is 5.78 Å². The van der Waals surface area contributed by atoms with E-state index < -0.39 is 0 Å². The van der Waals surface area contributed by atoms with Gasteiger partial charge in [0.25, 0.3) is 0 Å². The summed E-state index contributed by atoms with van der Waals surface area (Å²) in [4.78, 5) is 69.5. The first-order valence-corrected chi connectivity index (χ1v) is 22.0. The molecule has 3 aliphatic rings. The number of hydrogen-bond donors (Lipinski definition) is 4. The van der Waals surface area contributed by atoms with Crippen LogP contribution in [-0.4, -0.2) is 93.8 Å². The number of aromatic nitrogens is 2. The highest BCUT2D eigenvalue weighted by molar-refractivity contribution is 8.00. The Labute approximate surface area is 360 Å². The molecular weight excluding hydrogens is 791 g/mol. The van der Waals surface area contributed by atoms with Crippen LogP contribution in [0.3, 0.4) is 0 Å². The number of methoxy groups -OCH3 is 1. The summed E-state index contributed by atoms with van der Waals surface area (Å²) in [6.07, 6.45) is 13.4. The van der Waals surface area contributed by atoms with Gasteiger partial charge in [0, 0.05) is 66.0 Å². The van der Waals surface area contributed by atoms with Gasteiger partial charge in [-0.05, 0) is 80.5 Å². The predicted molar refractivity (Wildman–Crippen MR) is 238 cm³/mol. The molecule has 14 heteroatoms. The zero-order valence-corrected chi connectivity index (χ0v) is 35.6. The number of ether oxygens (including phenoxy) is 1. The first-order valence-electron chi connectivity index (χ1n) is 20.9. The van der Waals surface area contributed by atoms with Crippen molar-refractivity contribution in [3.63, 3.8) is 0 Å². The lowest BCUT2D eigenvalue weighted by atomic mass is 9.96. The Morgan fingerprint density at radius 3 is 2.44 bits per heavy atom. The Morgan fingerprint density at radius 1 is 0.967 bits per heavy atom. The van der Waals surface area contributed by atoms with Crippen molar-refractivity contribution in [1.82, 2.24) is 35.7 Å². The van der Waals surface area contributed by atoms with Crippen LogP contribution < -0.4 is 26.0 Å². The second-order valence-corrected chi connectivity index (χ2v) is 17.0. The number of nitrogens with zero attached hydrogens (tertiary/aromatic N) is 3. The molecule has 3 fully saturated rings. The third kappa shape index (κ3) is 10.8. The fourth-order valence-corrected chi connectivity index (χ4v) is 9.62. The van der Waals surface area contributed by atoms with Crippen LogP contribution in [-0.2, 0) is 14.4 Å². The van der Waals surface area contributed by atoms with Crippen molar-refractivity contribution in [3.05, 3.63) is 124 Å². The topological polar surface area (TPSA) is 164 Å². The Bertz CT molecular complexity index is 2300. The highest BCUT2D eigenvalue weighted by Crippen LogP contribution is 2.34. The molecule has 318 valence electrons. The number of hydrogen-bond acceptors (Lipinski definition) is 8. The number of carbonyl (C=O) groups excluding carboxylic acids is 5. The molecule has 1 aromatic heterocycles. The number of aryl methyl sites for hydroxylation is 1. The second-order valence-electron chi connectivity index (χ2n) is 15.7. The number of unbranched alkanes of at least 4 members (excludes halogenated alkanes) is 1. The molecule has 0 spiro atoms. The van der Waals surface area contributed by atoms with Crippen molar-refractivity contribution >= 4 is 53.4 Å². The standard InChI is InChI=1S/C47H53N7O6S/c1-30-27-53(29-50-30)39-20-12-33(26-40(39)60-3)25-37-7-6-24-54(46(37)58)31(2)34-16-18-36(19-17-34)45(57)35-14-10-32(11-15-35)13-21-43(56)49-23-22-48-42(55)9-5-4-8-41-44-38(28-61-41)51-47(59)52-44/h10-21,25-27,29,31,38,41,44H,4-9,22-24,28H2,1-3H3,(H,48,55)(H,49,56)(H2,51,52,59)/b21-13+,37-25+/t31-,38?,41-,44?/m0/s1. The monoisotopic (exact) mass is 843 g/mol. The molecule has 0 radical (unpaired) electrons. The van der Waals surface area contributed by atoms with E-state index in [4.69, 9.17) is 4.74 Å². The van der Waals surface area contributed by atoms with Gasteiger partial charge in [-0.2, -0.15) is 11.8 Å². The Balaban J connectivity index is 0.834. The Kier molecular flexibility index (Phi) is 14.0. The van der Waals surface area contributed by atoms with Gasteiger partial charge in [0.2, 0.25) is 17.7 Å². The number of amides is 5. The second kappa shape index (κ2) is 19.9. The Hall–Kier alpha value is -6.15. The zero-order chi connectivity index (χ0) is 42.9. The lowest BCUT2D eigenvalue weighted by Gasteiger charge is -2.34. The van der Waals surface area contributed by atoms with E-state index in [2.05, 4.69) is 26.3 Å². The number of nitrogens with one attached hydrogen (secondary N) is 4. The van der Waals surface area contributed by atoms with Gasteiger partial charge < -0.3 is 35.5 Å². The maximum atomic E-state index is 13.7. The summed E-state index contributed by atoms with van der Waals surface area (Å²) in [5, 5.41) is 12.0. The number of rotatable bonds is 17. The van der Waals surface area contributed by atoms with Crippen LogP contribution in [0.5, 0.6) is 5.75 Å². The minimum atomic E-state index is -0.282. The molecule has 4 aromatic rings. The van der Waals surface area contributed by atoms with E-state index in [0.29, 0.717) is 54.6 Å². The number of thioether (sulfide) groups is 1. The van der Waals surface area contributed by atoms with Crippen LogP contribution in [0.25, 0.3) is 17.8 Å². The third-order valence-corrected chi connectivity index (χ3v) is 13.0. The molecule has 4 heterocycles. The van der Waals surface area contributed by atoms with E-state index in [0.717, 1.165) is 65.1 Å². The van der Waals surface area contributed by atoms with Gasteiger partial charge in [0.1, 0.15) is 5.75 Å². The largest absolute Gasteiger partial charge is 0.495 e. The number of likely N-dealkylation sites (tertiary alicyclic amines) is 1. The van der Waals surface area contributed by atoms with Crippen LogP contribution in [0.4, 0.5) is 4.79 Å². The number of piperidine rings is 1. The van der Waals surface area contributed by atoms with Crippen molar-refractivity contribution < 1.29 is 28.7 Å². The summed E-state index contributed by atoms with van der Waals surface area (Å²) in [6.45, 7) is 5.24. The predicted octanol–water partition coefficient (Wildman–Crippen LogP) is 6.16. The van der Waals surface area contributed by atoms with Gasteiger partial charge in [-0.1, -0.05) is 61.0 Å². The van der Waals surface area contributed by atoms with Crippen molar-refractivity contribution in [2.75, 3.05) is 32.5 Å². The van der Waals surface area contributed by atoms with Crippen molar-refractivity contribution in [1.29, 1.82) is 0 Å². The first-order chi connectivity index (χ1) is 29.6. The summed E-state index contributed by atoms with van der Waals surface area (Å²) < 4.78 is 7.59. The van der Waals surface area contributed by atoms with Crippen LogP contribution >= 0.6 is 11.8 Å². The van der Waals surface area contributed by atoms with E-state index in [9.17, 15) is 24.0 Å². The molecule has 61 heavy (non-hydrogen) atoms. The molecule has 5 amide bonds. The molecule has 0 aliphatic carbocycles. The summed E-state index contributed by atoms with van der Waals surface area (Å²) in [7, 11) is 1.63. The molecule has 0 saturated carbocycles. The van der Waals surface area contributed by atoms with Gasteiger partial charge in [0.05, 0.1) is 42.9 Å². The van der Waals surface area contributed by atoms with Gasteiger partial charge in [-0.25, -0.2) is 9.78 Å². The van der Waals surface area contributed by atoms with Crippen molar-refractivity contribution in [2.45, 2.75) is 75.7 Å². The van der Waals surface area contributed by atoms with Crippen LogP contribution in [0.2, 0.25) is 0 Å². The molecule has 3 aliphatic heterocycles. The first kappa shape index (κ1) is 43.0. The van der Waals surface area contributed by atoms with Crippen molar-refractivity contribution in [3.8, 4) is 11.4 Å². The lowest BCUT2D eigenvalue weighted by molar-refractivity contribution is -0.130. The van der Waals surface area contributed by atoms with Crippen LogP contribution in [0, 0.1) is 6.92 Å². The fourth-order valence-electron chi connectivity index (χ4n) is 8.07. The summed E-state index contributed by atoms with van der Waals surface area (Å²) in [6, 6.07) is 20.5. The summed E-state index contributed by atoms with van der Waals surface area (Å²) in [5.74, 6) is 1.16. The molecule has 7 rings (SSSR count). The van der Waals surface area contributed by atoms with Gasteiger partial charge >= 0.3 is 6.03 Å². The number of ketones is 1. The lowest BCUT2D eigenvalue weighted by Crippen LogP contribution is -2.38. The molecule has 3 aromatic carbocycles. The third-order valence-electron chi connectivity index (χ3n) is 11.5. The fraction of sp³-hybridized carbons (Fsp3) is 0.362. The molecular formula is C47H53N7O6S. The minimum absolute atomic E-state index is 0.00149. The number of carbonyl (C=O) groups is 5. The maximum absolute atomic E-state index is 13.7. The number of imidazole rings is 1. The minimum Gasteiger partial charge on any atom is -0.495 e. The van der Waals surface area contributed by atoms with Crippen LogP contribution in [0.15, 0.2) is 90.9 Å². The molecule has 13 nitrogen and oxygen atoms in total. The van der Waals surface area contributed by atoms with Crippen molar-refractivity contribution in [2.24, 2.45) is 0 Å². The highest BCUT2D eigenvalue weighted by atomic mass is 32.2. The smallest absolute Gasteiger partial charge is 0.315 e. The average Bonchev–Trinajstić information content (AvgIpc) is 3.99. The molecule has 3 saturated heterocycles. The average molecular weight is 844 g/mol. The molecule has 4 N–H and O–H groups in total. The van der Waals surface area contributed by atoms with E-state index >= 15 is 0 Å². The SMILES string of the molecule is COc1cc(/C=C2\CCCN([C@@H](C)c3ccc(C(=O)c4ccc(/C=C/C(=O)NCCNC(=O)CCCC[C@@H]5SCC6NC(=O)NC65)cc4)cc3)C2=O)ccc1-n1cnc(C)c1. The summed E-state index contributed by atoms with van der Waals surface area (Å²) >= 11 is 1.87. The van der Waals surface area contributed by atoms with E-state index in [1.807, 2.05) is 77.7 Å². The van der Waals surface area contributed by atoms with E-state index in [1.54, 1.807) is 55.9 Å². The highest BCUT2D eigenvalue weighted by Gasteiger charge is 2.42. The number of urea groups is 1. The molecule has 4 atom stereocenters. The Morgan fingerprint density at radius 2 is 1.70 bits per heavy atom. The quantitative estimate of drug-likeness (QED) is 0.0425. The normalized spacial score (nSPS) is 19.7. The molecule has 0 bridgehead atoms. The van der Waals surface area contributed by atoms with Gasteiger partial charge in [-0.3, -0.25) is 19.2 Å². The van der Waals surface area contributed by atoms with Crippen LogP contribution in [0.1, 0.15) is 89.8 Å². The number of benzene rings is 3. The summed E-state index contributed by atoms with van der Waals surface area (Å²) in [5.41, 5.74) is 6.18. The maximum Gasteiger partial charge on any atom is 0.315 e.